The first-order valence-corrected chi connectivity index (χ1v) is 11.2. The average molecular weight is 396 g/mol. The van der Waals surface area contributed by atoms with Crippen LogP contribution in [0.25, 0.3) is 0 Å². The molecule has 0 atom stereocenters. The predicted octanol–water partition coefficient (Wildman–Crippen LogP) is 2.19. The number of aryl methyl sites for hydroxylation is 4. The number of nitrogens with zero attached hydrogens (tertiary/aromatic N) is 5. The maximum atomic E-state index is 12.9. The number of hydrogen-bond donors (Lipinski definition) is 0. The predicted molar refractivity (Wildman–Crippen MR) is 103 cm³/mol. The van der Waals surface area contributed by atoms with Crippen LogP contribution in [0.15, 0.2) is 11.0 Å². The maximum Gasteiger partial charge on any atom is 0.245 e. The lowest BCUT2D eigenvalue weighted by Crippen LogP contribution is -2.49. The van der Waals surface area contributed by atoms with Crippen molar-refractivity contribution in [2.75, 3.05) is 31.1 Å². The normalized spacial score (nSPS) is 16.2. The molecule has 0 saturated carbocycles. The summed E-state index contributed by atoms with van der Waals surface area (Å²) in [6.07, 6.45) is 1.63. The third-order valence-electron chi connectivity index (χ3n) is 4.63. The van der Waals surface area contributed by atoms with Gasteiger partial charge < -0.3 is 4.90 Å². The summed E-state index contributed by atoms with van der Waals surface area (Å²) in [4.78, 5) is 8.95. The van der Waals surface area contributed by atoms with E-state index in [4.69, 9.17) is 0 Å². The van der Waals surface area contributed by atoms with Gasteiger partial charge in [-0.05, 0) is 32.8 Å². The molecule has 9 heteroatoms. The molecule has 2 aromatic heterocycles. The number of sulfonamides is 1. The Morgan fingerprint density at radius 3 is 2.23 bits per heavy atom. The van der Waals surface area contributed by atoms with Crippen molar-refractivity contribution in [2.45, 2.75) is 45.4 Å². The van der Waals surface area contributed by atoms with Gasteiger partial charge in [-0.15, -0.1) is 16.4 Å². The molecular formula is C17H25N5O2S2. The molecule has 1 aliphatic rings. The summed E-state index contributed by atoms with van der Waals surface area (Å²) < 4.78 is 27.4. The van der Waals surface area contributed by atoms with Gasteiger partial charge in [-0.25, -0.2) is 13.4 Å². The average Bonchev–Trinajstić information content (AvgIpc) is 3.00. The van der Waals surface area contributed by atoms with Gasteiger partial charge in [-0.1, -0.05) is 13.8 Å². The lowest BCUT2D eigenvalue weighted by molar-refractivity contribution is 0.381. The summed E-state index contributed by atoms with van der Waals surface area (Å²) in [5.74, 6) is 0.596. The van der Waals surface area contributed by atoms with Crippen molar-refractivity contribution in [3.63, 3.8) is 0 Å². The van der Waals surface area contributed by atoms with Crippen LogP contribution in [0, 0.1) is 13.8 Å². The van der Waals surface area contributed by atoms with Gasteiger partial charge >= 0.3 is 0 Å². The summed E-state index contributed by atoms with van der Waals surface area (Å²) in [5, 5.41) is 8.53. The van der Waals surface area contributed by atoms with E-state index < -0.39 is 10.0 Å². The van der Waals surface area contributed by atoms with Crippen LogP contribution in [0.4, 0.5) is 5.95 Å². The fourth-order valence-electron chi connectivity index (χ4n) is 3.19. The molecule has 1 saturated heterocycles. The number of thiophene rings is 1. The number of anilines is 1. The zero-order valence-electron chi connectivity index (χ0n) is 15.7. The van der Waals surface area contributed by atoms with Crippen LogP contribution in [-0.2, 0) is 22.9 Å². The number of hydrogen-bond acceptors (Lipinski definition) is 7. The Kier molecular flexibility index (Phi) is 5.59. The van der Waals surface area contributed by atoms with Crippen LogP contribution in [0.5, 0.6) is 0 Å². The second kappa shape index (κ2) is 7.58. The van der Waals surface area contributed by atoms with Crippen LogP contribution in [0.2, 0.25) is 0 Å². The molecule has 1 fully saturated rings. The summed E-state index contributed by atoms with van der Waals surface area (Å²) >= 11 is 1.52. The van der Waals surface area contributed by atoms with Crippen molar-refractivity contribution in [3.05, 3.63) is 27.2 Å². The summed E-state index contributed by atoms with van der Waals surface area (Å²) in [6, 6.07) is 1.77. The number of rotatable bonds is 5. The van der Waals surface area contributed by atoms with Gasteiger partial charge in [-0.2, -0.15) is 9.40 Å². The second-order valence-corrected chi connectivity index (χ2v) is 9.75. The molecular weight excluding hydrogens is 370 g/mol. The molecule has 0 aliphatic carbocycles. The topological polar surface area (TPSA) is 79.3 Å². The third kappa shape index (κ3) is 3.60. The molecule has 7 nitrogen and oxygen atoms in total. The molecule has 3 heterocycles. The quantitative estimate of drug-likeness (QED) is 0.772. The smallest absolute Gasteiger partial charge is 0.245 e. The van der Waals surface area contributed by atoms with Crippen LogP contribution in [0.1, 0.15) is 35.0 Å². The van der Waals surface area contributed by atoms with E-state index in [1.54, 1.807) is 10.4 Å². The van der Waals surface area contributed by atoms with Crippen LogP contribution in [-0.4, -0.2) is 54.1 Å². The fourth-order valence-corrected chi connectivity index (χ4v) is 6.14. The van der Waals surface area contributed by atoms with Gasteiger partial charge in [0, 0.05) is 35.9 Å². The Morgan fingerprint density at radius 1 is 1.04 bits per heavy atom. The van der Waals surface area contributed by atoms with Crippen LogP contribution >= 0.6 is 11.3 Å². The lowest BCUT2D eigenvalue weighted by Gasteiger charge is -2.33. The summed E-state index contributed by atoms with van der Waals surface area (Å²) in [7, 11) is -3.44. The number of aromatic nitrogens is 3. The Labute approximate surface area is 159 Å². The van der Waals surface area contributed by atoms with E-state index in [0.29, 0.717) is 37.0 Å². The molecule has 2 aromatic rings. The van der Waals surface area contributed by atoms with Crippen molar-refractivity contribution in [2.24, 2.45) is 0 Å². The molecule has 1 aliphatic heterocycles. The van der Waals surface area contributed by atoms with Crippen molar-refractivity contribution >= 4 is 27.3 Å². The first-order valence-electron chi connectivity index (χ1n) is 8.91. The zero-order chi connectivity index (χ0) is 18.9. The Hall–Kier alpha value is -1.58. The Bertz CT molecular complexity index is 887. The molecule has 0 bridgehead atoms. The van der Waals surface area contributed by atoms with E-state index in [0.717, 1.165) is 34.0 Å². The zero-order valence-corrected chi connectivity index (χ0v) is 17.3. The highest BCUT2D eigenvalue weighted by atomic mass is 32.2. The van der Waals surface area contributed by atoms with E-state index in [1.165, 1.54) is 11.3 Å². The van der Waals surface area contributed by atoms with Crippen molar-refractivity contribution in [3.8, 4) is 0 Å². The van der Waals surface area contributed by atoms with E-state index in [2.05, 4.69) is 22.1 Å². The third-order valence-corrected chi connectivity index (χ3v) is 7.75. The molecule has 0 spiro atoms. The molecule has 0 N–H and O–H groups in total. The summed E-state index contributed by atoms with van der Waals surface area (Å²) in [6.45, 7) is 9.89. The van der Waals surface area contributed by atoms with E-state index in [-0.39, 0.29) is 0 Å². The monoisotopic (exact) mass is 395 g/mol. The van der Waals surface area contributed by atoms with Crippen molar-refractivity contribution < 1.29 is 8.42 Å². The van der Waals surface area contributed by atoms with Gasteiger partial charge in [-0.3, -0.25) is 0 Å². The molecule has 142 valence electrons. The van der Waals surface area contributed by atoms with Gasteiger partial charge in [0.15, 0.2) is 0 Å². The first kappa shape index (κ1) is 19.2. The molecule has 3 rings (SSSR count). The molecule has 0 amide bonds. The number of piperazine rings is 1. The SMILES string of the molecule is CCc1nnc(N2CCN(S(=O)(=O)c3cc(C)sc3C)CC2)nc1CC. The minimum absolute atomic E-state index is 0.428. The van der Waals surface area contributed by atoms with Crippen LogP contribution < -0.4 is 4.90 Å². The van der Waals surface area contributed by atoms with Crippen molar-refractivity contribution in [1.29, 1.82) is 0 Å². The van der Waals surface area contributed by atoms with E-state index in [1.807, 2.05) is 25.7 Å². The van der Waals surface area contributed by atoms with E-state index in [9.17, 15) is 8.42 Å². The Morgan fingerprint density at radius 2 is 1.69 bits per heavy atom. The lowest BCUT2D eigenvalue weighted by atomic mass is 10.2. The van der Waals surface area contributed by atoms with Gasteiger partial charge in [0.25, 0.3) is 0 Å². The second-order valence-electron chi connectivity index (χ2n) is 6.38. The summed E-state index contributed by atoms with van der Waals surface area (Å²) in [5.41, 5.74) is 1.90. The standard InChI is InChI=1S/C17H25N5O2S2/c1-5-14-15(6-2)19-20-17(18-14)21-7-9-22(10-8-21)26(23,24)16-11-12(3)25-13(16)4/h11H,5-10H2,1-4H3. The van der Waals surface area contributed by atoms with Gasteiger partial charge in [0.1, 0.15) is 0 Å². The maximum absolute atomic E-state index is 12.9. The highest BCUT2D eigenvalue weighted by Gasteiger charge is 2.31. The molecule has 26 heavy (non-hydrogen) atoms. The minimum atomic E-state index is -3.44. The van der Waals surface area contributed by atoms with Gasteiger partial charge in [0.05, 0.1) is 16.3 Å². The van der Waals surface area contributed by atoms with Gasteiger partial charge in [0.2, 0.25) is 16.0 Å². The first-order chi connectivity index (χ1) is 12.4. The Balaban J connectivity index is 1.74. The molecule has 0 radical (unpaired) electrons. The minimum Gasteiger partial charge on any atom is -0.337 e. The van der Waals surface area contributed by atoms with Crippen molar-refractivity contribution in [1.82, 2.24) is 19.5 Å². The van der Waals surface area contributed by atoms with Crippen LogP contribution in [0.3, 0.4) is 0 Å². The molecule has 0 unspecified atom stereocenters. The fraction of sp³-hybridized carbons (Fsp3) is 0.588. The highest BCUT2D eigenvalue weighted by Crippen LogP contribution is 2.28. The largest absolute Gasteiger partial charge is 0.337 e. The van der Waals surface area contributed by atoms with E-state index >= 15 is 0 Å². The molecule has 0 aromatic carbocycles. The highest BCUT2D eigenvalue weighted by molar-refractivity contribution is 7.89.